The van der Waals surface area contributed by atoms with Crippen LogP contribution in [0.2, 0.25) is 10.0 Å². The molecule has 1 atom stereocenters. The fourth-order valence-electron chi connectivity index (χ4n) is 2.69. The number of nitrogens with one attached hydrogen (secondary N) is 3. The van der Waals surface area contributed by atoms with Crippen LogP contribution in [0.25, 0.3) is 0 Å². The van der Waals surface area contributed by atoms with Gasteiger partial charge in [-0.25, -0.2) is 4.79 Å². The van der Waals surface area contributed by atoms with Crippen LogP contribution < -0.4 is 16.0 Å². The lowest BCUT2D eigenvalue weighted by Gasteiger charge is -2.27. The second-order valence-corrected chi connectivity index (χ2v) is 7.02. The number of benzene rings is 2. The van der Waals surface area contributed by atoms with E-state index in [2.05, 4.69) is 16.0 Å². The van der Waals surface area contributed by atoms with Crippen LogP contribution in [0.1, 0.15) is 24.1 Å². The summed E-state index contributed by atoms with van der Waals surface area (Å²) in [7, 11) is 0. The maximum Gasteiger partial charge on any atom is 0.315 e. The van der Waals surface area contributed by atoms with Crippen LogP contribution in [0.5, 0.6) is 0 Å². The van der Waals surface area contributed by atoms with Crippen molar-refractivity contribution in [2.24, 2.45) is 0 Å². The molecule has 0 spiro atoms. The van der Waals surface area contributed by atoms with E-state index in [-0.39, 0.29) is 18.5 Å². The Morgan fingerprint density at radius 1 is 1.04 bits per heavy atom. The highest BCUT2D eigenvalue weighted by atomic mass is 35.5. The molecule has 3 N–H and O–H groups in total. The molecule has 2 aromatic rings. The molecule has 1 fully saturated rings. The van der Waals surface area contributed by atoms with Crippen LogP contribution in [0.15, 0.2) is 48.5 Å². The summed E-state index contributed by atoms with van der Waals surface area (Å²) in [4.78, 5) is 24.2. The molecule has 1 heterocycles. The minimum Gasteiger partial charge on any atom is -0.343 e. The molecule has 3 amide bonds. The van der Waals surface area contributed by atoms with Gasteiger partial charge in [0, 0.05) is 10.0 Å². The molecular formula is C18H17Cl2N3O2. The first-order valence-corrected chi connectivity index (χ1v) is 8.51. The van der Waals surface area contributed by atoms with E-state index in [1.165, 1.54) is 0 Å². The van der Waals surface area contributed by atoms with Crippen molar-refractivity contribution < 1.29 is 9.59 Å². The molecule has 1 aliphatic heterocycles. The molecule has 5 nitrogen and oxygen atoms in total. The summed E-state index contributed by atoms with van der Waals surface area (Å²) in [6.07, 6.45) is 0. The number of carbonyl (C=O) groups is 2. The van der Waals surface area contributed by atoms with E-state index in [4.69, 9.17) is 23.2 Å². The predicted molar refractivity (Wildman–Crippen MR) is 97.8 cm³/mol. The van der Waals surface area contributed by atoms with Gasteiger partial charge >= 0.3 is 6.03 Å². The molecule has 1 aliphatic rings. The third-order valence-corrected chi connectivity index (χ3v) is 4.68. The Hall–Kier alpha value is -2.24. The van der Waals surface area contributed by atoms with E-state index >= 15 is 0 Å². The summed E-state index contributed by atoms with van der Waals surface area (Å²) in [5.74, 6) is -0.277. The first-order chi connectivity index (χ1) is 11.9. The van der Waals surface area contributed by atoms with Gasteiger partial charge in [-0.2, -0.15) is 0 Å². The number of halogens is 2. The number of hydrogen-bond acceptors (Lipinski definition) is 2. The van der Waals surface area contributed by atoms with Gasteiger partial charge in [0.25, 0.3) is 0 Å². The van der Waals surface area contributed by atoms with Gasteiger partial charge in [0.2, 0.25) is 5.91 Å². The van der Waals surface area contributed by atoms with Gasteiger partial charge in [-0.1, -0.05) is 47.5 Å². The summed E-state index contributed by atoms with van der Waals surface area (Å²) < 4.78 is 0. The smallest absolute Gasteiger partial charge is 0.315 e. The average Bonchev–Trinajstić information content (AvgIpc) is 2.95. The lowest BCUT2D eigenvalue weighted by atomic mass is 9.96. The molecular weight excluding hydrogens is 361 g/mol. The maximum atomic E-state index is 12.8. The molecule has 0 saturated carbocycles. The Balaban J connectivity index is 1.91. The predicted octanol–water partition coefficient (Wildman–Crippen LogP) is 3.27. The van der Waals surface area contributed by atoms with Gasteiger partial charge < -0.3 is 16.0 Å². The van der Waals surface area contributed by atoms with Crippen molar-refractivity contribution in [2.45, 2.75) is 18.5 Å². The van der Waals surface area contributed by atoms with Crippen molar-refractivity contribution in [1.82, 2.24) is 16.0 Å². The number of urea groups is 1. The second kappa shape index (κ2) is 6.94. The lowest BCUT2D eigenvalue weighted by molar-refractivity contribution is -0.126. The molecule has 7 heteroatoms. The van der Waals surface area contributed by atoms with Crippen LogP contribution in [0.3, 0.4) is 0 Å². The third-order valence-electron chi connectivity index (χ3n) is 4.18. The maximum absolute atomic E-state index is 12.8. The quantitative estimate of drug-likeness (QED) is 0.764. The molecule has 2 aromatic carbocycles. The summed E-state index contributed by atoms with van der Waals surface area (Å²) >= 11 is 11.9. The number of hydrogen-bond donors (Lipinski definition) is 3. The van der Waals surface area contributed by atoms with Crippen molar-refractivity contribution in [3.05, 3.63) is 69.7 Å². The van der Waals surface area contributed by atoms with Crippen LogP contribution in [0.4, 0.5) is 4.79 Å². The fourth-order valence-corrected chi connectivity index (χ4v) is 2.94. The van der Waals surface area contributed by atoms with Gasteiger partial charge in [-0.15, -0.1) is 0 Å². The largest absolute Gasteiger partial charge is 0.343 e. The van der Waals surface area contributed by atoms with Crippen molar-refractivity contribution >= 4 is 35.1 Å². The van der Waals surface area contributed by atoms with Crippen LogP contribution in [-0.4, -0.2) is 24.0 Å². The zero-order valence-corrected chi connectivity index (χ0v) is 15.0. The van der Waals surface area contributed by atoms with Gasteiger partial charge in [0.05, 0.1) is 12.6 Å². The molecule has 0 bridgehead atoms. The Bertz CT molecular complexity index is 747. The van der Waals surface area contributed by atoms with Crippen molar-refractivity contribution in [1.29, 1.82) is 0 Å². The highest BCUT2D eigenvalue weighted by Crippen LogP contribution is 2.26. The van der Waals surface area contributed by atoms with E-state index in [0.717, 1.165) is 11.1 Å². The zero-order chi connectivity index (χ0) is 18.0. The summed E-state index contributed by atoms with van der Waals surface area (Å²) in [5, 5.41) is 9.51. The Labute approximate surface area is 155 Å². The molecule has 1 unspecified atom stereocenters. The standard InChI is InChI=1S/C18H17Cl2N3O2/c1-18(10-21-17(25)23-18)16(24)22-15(11-2-6-13(19)7-3-11)12-4-8-14(20)9-5-12/h2-9,15H,10H2,1H3,(H,22,24)(H2,21,23,25). The summed E-state index contributed by atoms with van der Waals surface area (Å²) in [6, 6.07) is 13.8. The van der Waals surface area contributed by atoms with Crippen LogP contribution in [-0.2, 0) is 4.79 Å². The minimum absolute atomic E-state index is 0.228. The first-order valence-electron chi connectivity index (χ1n) is 7.75. The minimum atomic E-state index is -1.01. The van der Waals surface area contributed by atoms with Crippen LogP contribution in [0, 0.1) is 0 Å². The summed E-state index contributed by atoms with van der Waals surface area (Å²) in [5.41, 5.74) is 0.746. The molecule has 0 aliphatic carbocycles. The molecule has 25 heavy (non-hydrogen) atoms. The Morgan fingerprint density at radius 3 is 1.92 bits per heavy atom. The van der Waals surface area contributed by atoms with Gasteiger partial charge in [-0.3, -0.25) is 4.79 Å². The number of amides is 3. The van der Waals surface area contributed by atoms with E-state index in [1.54, 1.807) is 31.2 Å². The average molecular weight is 378 g/mol. The SMILES string of the molecule is CC1(C(=O)NC(c2ccc(Cl)cc2)c2ccc(Cl)cc2)CNC(=O)N1. The molecule has 1 saturated heterocycles. The third kappa shape index (κ3) is 3.89. The highest BCUT2D eigenvalue weighted by molar-refractivity contribution is 6.30. The van der Waals surface area contributed by atoms with Crippen LogP contribution >= 0.6 is 23.2 Å². The monoisotopic (exact) mass is 377 g/mol. The topological polar surface area (TPSA) is 70.2 Å². The first kappa shape index (κ1) is 17.6. The Morgan fingerprint density at radius 2 is 1.52 bits per heavy atom. The Kier molecular flexibility index (Phi) is 4.88. The number of rotatable bonds is 4. The van der Waals surface area contributed by atoms with Gasteiger partial charge in [0.1, 0.15) is 5.54 Å². The molecule has 0 aromatic heterocycles. The second-order valence-electron chi connectivity index (χ2n) is 6.15. The van der Waals surface area contributed by atoms with E-state index in [0.29, 0.717) is 10.0 Å². The van der Waals surface area contributed by atoms with Crippen molar-refractivity contribution in [3.63, 3.8) is 0 Å². The van der Waals surface area contributed by atoms with E-state index < -0.39 is 11.6 Å². The lowest BCUT2D eigenvalue weighted by Crippen LogP contribution is -2.54. The fraction of sp³-hybridized carbons (Fsp3) is 0.222. The van der Waals surface area contributed by atoms with Gasteiger partial charge in [-0.05, 0) is 42.3 Å². The van der Waals surface area contributed by atoms with E-state index in [9.17, 15) is 9.59 Å². The number of carbonyl (C=O) groups excluding carboxylic acids is 2. The normalized spacial score (nSPS) is 19.4. The molecule has 3 rings (SSSR count). The molecule has 130 valence electrons. The highest BCUT2D eigenvalue weighted by Gasteiger charge is 2.41. The zero-order valence-electron chi connectivity index (χ0n) is 13.5. The summed E-state index contributed by atoms with van der Waals surface area (Å²) in [6.45, 7) is 1.91. The van der Waals surface area contributed by atoms with Gasteiger partial charge in [0.15, 0.2) is 0 Å². The van der Waals surface area contributed by atoms with E-state index in [1.807, 2.05) is 24.3 Å². The molecule has 0 radical (unpaired) electrons. The van der Waals surface area contributed by atoms with Crippen molar-refractivity contribution in [2.75, 3.05) is 6.54 Å². The van der Waals surface area contributed by atoms with Crippen molar-refractivity contribution in [3.8, 4) is 0 Å².